The zero-order valence-electron chi connectivity index (χ0n) is 14.7. The van der Waals surface area contributed by atoms with Crippen molar-refractivity contribution in [3.8, 4) is 11.3 Å². The first kappa shape index (κ1) is 17.6. The number of aromatic nitrogens is 3. The standard InChI is InChI=1S/C20H20N4O2S/c25-27(26,14-12-17-7-3-1-4-8-17)23-13-11-19(15-23)24-16-20(21-22-24)18-9-5-2-6-10-18/h1-10,12,14,16,19H,11,13,15H2. The van der Waals surface area contributed by atoms with Crippen LogP contribution >= 0.6 is 0 Å². The van der Waals surface area contributed by atoms with Crippen LogP contribution in [0.25, 0.3) is 17.3 Å². The summed E-state index contributed by atoms with van der Waals surface area (Å²) in [4.78, 5) is 0. The molecule has 0 radical (unpaired) electrons. The number of sulfonamides is 1. The number of nitrogens with zero attached hydrogens (tertiary/aromatic N) is 4. The Morgan fingerprint density at radius 3 is 2.44 bits per heavy atom. The van der Waals surface area contributed by atoms with Gasteiger partial charge in [0.15, 0.2) is 0 Å². The molecule has 1 aliphatic rings. The van der Waals surface area contributed by atoms with Gasteiger partial charge in [-0.1, -0.05) is 65.9 Å². The van der Waals surface area contributed by atoms with Gasteiger partial charge in [-0.05, 0) is 18.1 Å². The monoisotopic (exact) mass is 380 g/mol. The second-order valence-corrected chi connectivity index (χ2v) is 8.33. The minimum absolute atomic E-state index is 0.00476. The summed E-state index contributed by atoms with van der Waals surface area (Å²) in [5.41, 5.74) is 2.65. The third-order valence-electron chi connectivity index (χ3n) is 4.67. The first-order valence-corrected chi connectivity index (χ1v) is 10.3. The van der Waals surface area contributed by atoms with Crippen LogP contribution in [0.15, 0.2) is 72.3 Å². The van der Waals surface area contributed by atoms with Crippen molar-refractivity contribution in [2.45, 2.75) is 12.5 Å². The van der Waals surface area contributed by atoms with Crippen molar-refractivity contribution >= 4 is 16.1 Å². The van der Waals surface area contributed by atoms with E-state index in [1.54, 1.807) is 10.8 Å². The molecule has 0 amide bonds. The van der Waals surface area contributed by atoms with E-state index in [4.69, 9.17) is 0 Å². The summed E-state index contributed by atoms with van der Waals surface area (Å²) < 4.78 is 28.5. The van der Waals surface area contributed by atoms with Crippen LogP contribution in [0.4, 0.5) is 0 Å². The van der Waals surface area contributed by atoms with Crippen LogP contribution < -0.4 is 0 Å². The van der Waals surface area contributed by atoms with Crippen LogP contribution in [-0.4, -0.2) is 40.8 Å². The predicted octanol–water partition coefficient (Wildman–Crippen LogP) is 3.19. The Kier molecular flexibility index (Phi) is 4.87. The van der Waals surface area contributed by atoms with Gasteiger partial charge in [-0.15, -0.1) is 5.10 Å². The van der Waals surface area contributed by atoms with Gasteiger partial charge in [-0.25, -0.2) is 13.1 Å². The van der Waals surface area contributed by atoms with Crippen molar-refractivity contribution in [1.82, 2.24) is 19.3 Å². The molecular weight excluding hydrogens is 360 g/mol. The van der Waals surface area contributed by atoms with E-state index < -0.39 is 10.0 Å². The number of rotatable bonds is 5. The Morgan fingerprint density at radius 2 is 1.70 bits per heavy atom. The molecule has 3 aromatic rings. The molecule has 1 unspecified atom stereocenters. The molecule has 2 heterocycles. The Balaban J connectivity index is 1.46. The summed E-state index contributed by atoms with van der Waals surface area (Å²) in [5, 5.41) is 9.72. The number of hydrogen-bond acceptors (Lipinski definition) is 4. The topological polar surface area (TPSA) is 68.1 Å². The van der Waals surface area contributed by atoms with Gasteiger partial charge < -0.3 is 0 Å². The van der Waals surface area contributed by atoms with E-state index in [1.165, 1.54) is 9.71 Å². The van der Waals surface area contributed by atoms with Crippen LogP contribution in [0.2, 0.25) is 0 Å². The fourth-order valence-corrected chi connectivity index (χ4v) is 4.41. The van der Waals surface area contributed by atoms with E-state index in [1.807, 2.05) is 66.9 Å². The van der Waals surface area contributed by atoms with Crippen LogP contribution in [0.1, 0.15) is 18.0 Å². The van der Waals surface area contributed by atoms with E-state index in [2.05, 4.69) is 10.3 Å². The van der Waals surface area contributed by atoms with Gasteiger partial charge in [0, 0.05) is 24.1 Å². The van der Waals surface area contributed by atoms with Gasteiger partial charge >= 0.3 is 0 Å². The highest BCUT2D eigenvalue weighted by molar-refractivity contribution is 7.92. The maximum atomic E-state index is 12.6. The van der Waals surface area contributed by atoms with Gasteiger partial charge in [0.05, 0.1) is 12.2 Å². The zero-order chi connectivity index (χ0) is 18.7. The lowest BCUT2D eigenvalue weighted by Crippen LogP contribution is -2.27. The summed E-state index contributed by atoms with van der Waals surface area (Å²) in [6.07, 6.45) is 4.23. The fourth-order valence-electron chi connectivity index (χ4n) is 3.17. The third-order valence-corrected chi connectivity index (χ3v) is 6.20. The highest BCUT2D eigenvalue weighted by Gasteiger charge is 2.31. The molecule has 1 atom stereocenters. The largest absolute Gasteiger partial charge is 0.247 e. The van der Waals surface area contributed by atoms with Crippen molar-refractivity contribution in [2.24, 2.45) is 0 Å². The fraction of sp³-hybridized carbons (Fsp3) is 0.200. The van der Waals surface area contributed by atoms with E-state index >= 15 is 0 Å². The molecule has 2 aromatic carbocycles. The SMILES string of the molecule is O=S(=O)(C=Cc1ccccc1)N1CCC(n2cc(-c3ccccc3)nn2)C1. The molecule has 1 aliphatic heterocycles. The number of benzene rings is 2. The van der Waals surface area contributed by atoms with Crippen LogP contribution in [0, 0.1) is 0 Å². The quantitative estimate of drug-likeness (QED) is 0.682. The number of hydrogen-bond donors (Lipinski definition) is 0. The minimum Gasteiger partial charge on any atom is -0.247 e. The molecule has 0 saturated carbocycles. The molecule has 0 bridgehead atoms. The summed E-state index contributed by atoms with van der Waals surface area (Å²) >= 11 is 0. The molecule has 27 heavy (non-hydrogen) atoms. The molecule has 4 rings (SSSR count). The molecule has 6 nitrogen and oxygen atoms in total. The van der Waals surface area contributed by atoms with Crippen LogP contribution in [-0.2, 0) is 10.0 Å². The molecule has 0 N–H and O–H groups in total. The molecule has 138 valence electrons. The lowest BCUT2D eigenvalue weighted by Gasteiger charge is -2.13. The van der Waals surface area contributed by atoms with Gasteiger partial charge in [0.1, 0.15) is 5.69 Å². The second-order valence-electron chi connectivity index (χ2n) is 6.51. The Bertz CT molecular complexity index is 1030. The maximum Gasteiger partial charge on any atom is 0.236 e. The Morgan fingerprint density at radius 1 is 1.00 bits per heavy atom. The zero-order valence-corrected chi connectivity index (χ0v) is 15.5. The molecule has 0 spiro atoms. The van der Waals surface area contributed by atoms with E-state index in [0.717, 1.165) is 23.2 Å². The lowest BCUT2D eigenvalue weighted by atomic mass is 10.2. The van der Waals surface area contributed by atoms with Crippen molar-refractivity contribution < 1.29 is 8.42 Å². The molecule has 7 heteroatoms. The average molecular weight is 380 g/mol. The predicted molar refractivity (Wildman–Crippen MR) is 105 cm³/mol. The highest BCUT2D eigenvalue weighted by Crippen LogP contribution is 2.26. The van der Waals surface area contributed by atoms with Gasteiger partial charge in [-0.3, -0.25) is 0 Å². The first-order chi connectivity index (χ1) is 13.1. The summed E-state index contributed by atoms with van der Waals surface area (Å²) in [6, 6.07) is 19.2. The van der Waals surface area contributed by atoms with Crippen molar-refractivity contribution in [3.63, 3.8) is 0 Å². The van der Waals surface area contributed by atoms with E-state index in [0.29, 0.717) is 13.1 Å². The summed E-state index contributed by atoms with van der Waals surface area (Å²) in [7, 11) is -3.45. The normalized spacial score (nSPS) is 18.3. The van der Waals surface area contributed by atoms with Crippen LogP contribution in [0.3, 0.4) is 0 Å². The molecular formula is C20H20N4O2S. The van der Waals surface area contributed by atoms with Gasteiger partial charge in [-0.2, -0.15) is 4.31 Å². The first-order valence-electron chi connectivity index (χ1n) is 8.82. The van der Waals surface area contributed by atoms with Crippen molar-refractivity contribution in [1.29, 1.82) is 0 Å². The van der Waals surface area contributed by atoms with Gasteiger partial charge in [0.25, 0.3) is 0 Å². The highest BCUT2D eigenvalue weighted by atomic mass is 32.2. The van der Waals surface area contributed by atoms with E-state index in [-0.39, 0.29) is 6.04 Å². The maximum absolute atomic E-state index is 12.6. The second kappa shape index (κ2) is 7.46. The van der Waals surface area contributed by atoms with Crippen molar-refractivity contribution in [3.05, 3.63) is 77.8 Å². The van der Waals surface area contributed by atoms with Gasteiger partial charge in [0.2, 0.25) is 10.0 Å². The van der Waals surface area contributed by atoms with Crippen LogP contribution in [0.5, 0.6) is 0 Å². The minimum atomic E-state index is -3.45. The van der Waals surface area contributed by atoms with Crippen molar-refractivity contribution in [2.75, 3.05) is 13.1 Å². The Labute approximate surface area is 158 Å². The summed E-state index contributed by atoms with van der Waals surface area (Å²) in [5.74, 6) is 0. The lowest BCUT2D eigenvalue weighted by molar-refractivity contribution is 0.432. The molecule has 1 saturated heterocycles. The van der Waals surface area contributed by atoms with E-state index in [9.17, 15) is 8.42 Å². The smallest absolute Gasteiger partial charge is 0.236 e. The summed E-state index contributed by atoms with van der Waals surface area (Å²) in [6.45, 7) is 0.881. The molecule has 1 fully saturated rings. The Hall–Kier alpha value is -2.77. The molecule has 1 aromatic heterocycles. The third kappa shape index (κ3) is 3.99. The molecule has 0 aliphatic carbocycles. The average Bonchev–Trinajstić information content (AvgIpc) is 3.38.